The van der Waals surface area contributed by atoms with Gasteiger partial charge in [-0.3, -0.25) is 4.79 Å². The fourth-order valence-corrected chi connectivity index (χ4v) is 3.15. The van der Waals surface area contributed by atoms with Crippen LogP contribution in [0.15, 0.2) is 0 Å². The molecule has 1 saturated heterocycles. The van der Waals surface area contributed by atoms with Crippen molar-refractivity contribution in [3.8, 4) is 0 Å². The van der Waals surface area contributed by atoms with Gasteiger partial charge in [0.2, 0.25) is 0 Å². The van der Waals surface area contributed by atoms with Gasteiger partial charge >= 0.3 is 12.0 Å². The van der Waals surface area contributed by atoms with Crippen molar-refractivity contribution in [2.45, 2.75) is 51.0 Å². The fourth-order valence-electron chi connectivity index (χ4n) is 3.15. The Morgan fingerprint density at radius 2 is 1.80 bits per heavy atom. The standard InChI is InChI=1S/C14H25N3O3/c15-11-4-8-17(9-5-11)13(20)16-10-14(12(18)19)6-2-1-3-7-14/h11H,1-10,15H2,(H,16,20)(H,18,19). The van der Waals surface area contributed by atoms with Crippen LogP contribution >= 0.6 is 0 Å². The molecule has 2 rings (SSSR count). The number of rotatable bonds is 3. The van der Waals surface area contributed by atoms with Gasteiger partial charge in [-0.25, -0.2) is 4.79 Å². The van der Waals surface area contributed by atoms with Crippen LogP contribution in [0.5, 0.6) is 0 Å². The minimum Gasteiger partial charge on any atom is -0.481 e. The topological polar surface area (TPSA) is 95.7 Å². The average Bonchev–Trinajstić information content (AvgIpc) is 2.46. The molecule has 1 aliphatic carbocycles. The number of piperidine rings is 1. The summed E-state index contributed by atoms with van der Waals surface area (Å²) in [6.45, 7) is 1.56. The lowest BCUT2D eigenvalue weighted by Gasteiger charge is -2.35. The Morgan fingerprint density at radius 3 is 2.35 bits per heavy atom. The molecule has 1 saturated carbocycles. The zero-order chi connectivity index (χ0) is 14.6. The van der Waals surface area contributed by atoms with E-state index in [4.69, 9.17) is 5.73 Å². The van der Waals surface area contributed by atoms with Crippen LogP contribution in [-0.4, -0.2) is 47.7 Å². The Bertz CT molecular complexity index is 359. The summed E-state index contributed by atoms with van der Waals surface area (Å²) >= 11 is 0. The van der Waals surface area contributed by atoms with Gasteiger partial charge in [0.15, 0.2) is 0 Å². The van der Waals surface area contributed by atoms with Crippen LogP contribution in [0, 0.1) is 5.41 Å². The first-order valence-corrected chi connectivity index (χ1v) is 7.55. The van der Waals surface area contributed by atoms with E-state index in [0.29, 0.717) is 25.9 Å². The van der Waals surface area contributed by atoms with Crippen LogP contribution in [0.25, 0.3) is 0 Å². The second-order valence-corrected chi connectivity index (χ2v) is 6.13. The molecule has 0 aromatic carbocycles. The van der Waals surface area contributed by atoms with Crippen molar-refractivity contribution < 1.29 is 14.7 Å². The maximum absolute atomic E-state index is 12.1. The van der Waals surface area contributed by atoms with Gasteiger partial charge in [-0.05, 0) is 25.7 Å². The molecule has 6 nitrogen and oxygen atoms in total. The summed E-state index contributed by atoms with van der Waals surface area (Å²) < 4.78 is 0. The lowest BCUT2D eigenvalue weighted by molar-refractivity contribution is -0.150. The number of urea groups is 1. The first-order valence-electron chi connectivity index (χ1n) is 7.55. The maximum atomic E-state index is 12.1. The molecule has 1 aliphatic heterocycles. The summed E-state index contributed by atoms with van der Waals surface area (Å²) in [4.78, 5) is 25.4. The van der Waals surface area contributed by atoms with Crippen molar-refractivity contribution in [1.29, 1.82) is 0 Å². The van der Waals surface area contributed by atoms with Gasteiger partial charge in [0, 0.05) is 25.7 Å². The largest absolute Gasteiger partial charge is 0.481 e. The molecular weight excluding hydrogens is 258 g/mol. The zero-order valence-corrected chi connectivity index (χ0v) is 11.9. The van der Waals surface area contributed by atoms with Crippen molar-refractivity contribution in [2.24, 2.45) is 11.1 Å². The third kappa shape index (κ3) is 3.42. The summed E-state index contributed by atoms with van der Waals surface area (Å²) in [5.41, 5.74) is 5.05. The maximum Gasteiger partial charge on any atom is 0.317 e. The third-order valence-corrected chi connectivity index (χ3v) is 4.67. The predicted molar refractivity (Wildman–Crippen MR) is 75.3 cm³/mol. The number of nitrogens with zero attached hydrogens (tertiary/aromatic N) is 1. The highest BCUT2D eigenvalue weighted by molar-refractivity contribution is 5.78. The van der Waals surface area contributed by atoms with E-state index >= 15 is 0 Å². The predicted octanol–water partition coefficient (Wildman–Crippen LogP) is 1.15. The number of hydrogen-bond acceptors (Lipinski definition) is 3. The molecule has 2 amide bonds. The molecule has 1 heterocycles. The number of aliphatic carboxylic acids is 1. The molecule has 0 aromatic heterocycles. The van der Waals surface area contributed by atoms with Gasteiger partial charge in [0.1, 0.15) is 0 Å². The minimum atomic E-state index is -0.779. The summed E-state index contributed by atoms with van der Waals surface area (Å²) in [5.74, 6) is -0.779. The second kappa shape index (κ2) is 6.43. The van der Waals surface area contributed by atoms with Crippen LogP contribution in [-0.2, 0) is 4.79 Å². The van der Waals surface area contributed by atoms with Gasteiger partial charge in [-0.15, -0.1) is 0 Å². The quantitative estimate of drug-likeness (QED) is 0.724. The third-order valence-electron chi connectivity index (χ3n) is 4.67. The number of carbonyl (C=O) groups excluding carboxylic acids is 1. The van der Waals surface area contributed by atoms with Crippen molar-refractivity contribution >= 4 is 12.0 Å². The Kier molecular flexibility index (Phi) is 4.86. The van der Waals surface area contributed by atoms with Crippen LogP contribution in [0.3, 0.4) is 0 Å². The van der Waals surface area contributed by atoms with Gasteiger partial charge in [0.05, 0.1) is 5.41 Å². The van der Waals surface area contributed by atoms with E-state index in [0.717, 1.165) is 32.1 Å². The molecule has 2 aliphatic rings. The smallest absolute Gasteiger partial charge is 0.317 e. The van der Waals surface area contributed by atoms with Crippen LogP contribution in [0.1, 0.15) is 44.9 Å². The number of nitrogens with one attached hydrogen (secondary N) is 1. The van der Waals surface area contributed by atoms with E-state index in [1.165, 1.54) is 0 Å². The first kappa shape index (κ1) is 15.1. The van der Waals surface area contributed by atoms with Gasteiger partial charge in [-0.1, -0.05) is 19.3 Å². The number of likely N-dealkylation sites (tertiary alicyclic amines) is 1. The molecule has 0 atom stereocenters. The molecule has 4 N–H and O–H groups in total. The van der Waals surface area contributed by atoms with E-state index in [1.54, 1.807) is 4.90 Å². The van der Waals surface area contributed by atoms with Gasteiger partial charge in [0.25, 0.3) is 0 Å². The summed E-state index contributed by atoms with van der Waals surface area (Å²) in [6, 6.07) is 0.0332. The zero-order valence-electron chi connectivity index (χ0n) is 11.9. The van der Waals surface area contributed by atoms with Gasteiger partial charge in [-0.2, -0.15) is 0 Å². The highest BCUT2D eigenvalue weighted by Gasteiger charge is 2.40. The van der Waals surface area contributed by atoms with E-state index in [2.05, 4.69) is 5.32 Å². The highest BCUT2D eigenvalue weighted by atomic mass is 16.4. The SMILES string of the molecule is NC1CCN(C(=O)NCC2(C(=O)O)CCCCC2)CC1. The van der Waals surface area contributed by atoms with Crippen LogP contribution in [0.2, 0.25) is 0 Å². The Morgan fingerprint density at radius 1 is 1.20 bits per heavy atom. The molecule has 6 heteroatoms. The summed E-state index contributed by atoms with van der Waals surface area (Å²) in [5, 5.41) is 12.3. The Balaban J connectivity index is 1.86. The van der Waals surface area contributed by atoms with Crippen molar-refractivity contribution in [3.05, 3.63) is 0 Å². The van der Waals surface area contributed by atoms with E-state index < -0.39 is 11.4 Å². The van der Waals surface area contributed by atoms with Crippen LogP contribution in [0.4, 0.5) is 4.79 Å². The number of carboxylic acids is 1. The fraction of sp³-hybridized carbons (Fsp3) is 0.857. The van der Waals surface area contributed by atoms with E-state index in [-0.39, 0.29) is 18.6 Å². The van der Waals surface area contributed by atoms with Crippen molar-refractivity contribution in [3.63, 3.8) is 0 Å². The lowest BCUT2D eigenvalue weighted by Crippen LogP contribution is -2.51. The molecule has 0 bridgehead atoms. The van der Waals surface area contributed by atoms with E-state index in [9.17, 15) is 14.7 Å². The number of carboxylic acid groups (broad SMARTS) is 1. The van der Waals surface area contributed by atoms with E-state index in [1.807, 2.05) is 0 Å². The summed E-state index contributed by atoms with van der Waals surface area (Å²) in [7, 11) is 0. The first-order chi connectivity index (χ1) is 9.53. The Labute approximate surface area is 119 Å². The lowest BCUT2D eigenvalue weighted by atomic mass is 9.74. The molecule has 20 heavy (non-hydrogen) atoms. The summed E-state index contributed by atoms with van der Waals surface area (Å²) in [6.07, 6.45) is 5.91. The van der Waals surface area contributed by atoms with Crippen molar-refractivity contribution in [2.75, 3.05) is 19.6 Å². The molecule has 0 radical (unpaired) electrons. The monoisotopic (exact) mass is 283 g/mol. The molecular formula is C14H25N3O3. The van der Waals surface area contributed by atoms with Crippen LogP contribution < -0.4 is 11.1 Å². The minimum absolute atomic E-state index is 0.150. The van der Waals surface area contributed by atoms with Crippen molar-refractivity contribution in [1.82, 2.24) is 10.2 Å². The number of hydrogen-bond donors (Lipinski definition) is 3. The molecule has 0 aromatic rings. The molecule has 0 spiro atoms. The number of amides is 2. The Hall–Kier alpha value is -1.30. The molecule has 2 fully saturated rings. The normalized spacial score (nSPS) is 23.4. The van der Waals surface area contributed by atoms with Gasteiger partial charge < -0.3 is 21.1 Å². The average molecular weight is 283 g/mol. The molecule has 114 valence electrons. The number of carbonyl (C=O) groups is 2. The molecule has 0 unspecified atom stereocenters. The number of nitrogens with two attached hydrogens (primary N) is 1. The highest BCUT2D eigenvalue weighted by Crippen LogP contribution is 2.36. The second-order valence-electron chi connectivity index (χ2n) is 6.13.